The van der Waals surface area contributed by atoms with E-state index in [1.807, 2.05) is 42.7 Å². The maximum Gasteiger partial charge on any atom is 0.233 e. The van der Waals surface area contributed by atoms with Gasteiger partial charge in [-0.15, -0.1) is 11.8 Å². The van der Waals surface area contributed by atoms with Gasteiger partial charge < -0.3 is 5.32 Å². The number of nitrogens with zero attached hydrogens (tertiary/aromatic N) is 1. The number of anilines is 1. The molecule has 0 saturated carbocycles. The van der Waals surface area contributed by atoms with E-state index in [0.29, 0.717) is 12.8 Å². The first-order valence-corrected chi connectivity index (χ1v) is 9.27. The number of nitrogens with one attached hydrogen (secondary N) is 1. The molecule has 0 bridgehead atoms. The average molecular weight is 344 g/mol. The van der Waals surface area contributed by atoms with Gasteiger partial charge in [-0.2, -0.15) is 0 Å². The molecule has 24 heavy (non-hydrogen) atoms. The number of benzene rings is 1. The maximum absolute atomic E-state index is 12.4. The molecule has 126 valence electrons. The van der Waals surface area contributed by atoms with Crippen molar-refractivity contribution in [2.24, 2.45) is 11.8 Å². The summed E-state index contributed by atoms with van der Waals surface area (Å²) in [6.45, 7) is 0.151. The topological polar surface area (TPSA) is 66.5 Å². The van der Waals surface area contributed by atoms with E-state index in [9.17, 15) is 14.4 Å². The zero-order valence-electron chi connectivity index (χ0n) is 13.5. The Bertz CT molecular complexity index is 675. The molecule has 1 aromatic carbocycles. The molecule has 3 amide bonds. The minimum atomic E-state index is -0.234. The highest BCUT2D eigenvalue weighted by molar-refractivity contribution is 7.98. The summed E-state index contributed by atoms with van der Waals surface area (Å²) in [6, 6.07) is 7.56. The van der Waals surface area contributed by atoms with Gasteiger partial charge in [-0.1, -0.05) is 24.3 Å². The molecule has 2 atom stereocenters. The Labute approximate surface area is 145 Å². The number of carbonyl (C=O) groups is 3. The molecule has 1 saturated heterocycles. The summed E-state index contributed by atoms with van der Waals surface area (Å²) in [4.78, 5) is 39.1. The molecular formula is C18H20N2O3S. The zero-order valence-corrected chi connectivity index (χ0v) is 14.3. The van der Waals surface area contributed by atoms with E-state index in [1.54, 1.807) is 11.8 Å². The molecule has 0 aromatic heterocycles. The number of hydrogen-bond donors (Lipinski definition) is 1. The van der Waals surface area contributed by atoms with Crippen LogP contribution in [-0.2, 0) is 14.4 Å². The lowest BCUT2D eigenvalue weighted by Crippen LogP contribution is -2.34. The van der Waals surface area contributed by atoms with Crippen LogP contribution in [0.5, 0.6) is 0 Å². The molecule has 1 N–H and O–H groups in total. The molecule has 1 fully saturated rings. The van der Waals surface area contributed by atoms with Crippen LogP contribution in [0.1, 0.15) is 19.3 Å². The SMILES string of the molecule is CSc1ccccc1NC(=O)CCN1C(=O)C2CC=CCC2C1=O. The maximum atomic E-state index is 12.4. The number of allylic oxidation sites excluding steroid dienone is 2. The smallest absolute Gasteiger partial charge is 0.233 e. The molecule has 2 unspecified atom stereocenters. The first kappa shape index (κ1) is 16.8. The van der Waals surface area contributed by atoms with Crippen molar-refractivity contribution in [3.05, 3.63) is 36.4 Å². The van der Waals surface area contributed by atoms with Crippen molar-refractivity contribution in [2.45, 2.75) is 24.2 Å². The molecule has 0 spiro atoms. The van der Waals surface area contributed by atoms with Crippen LogP contribution in [0.3, 0.4) is 0 Å². The summed E-state index contributed by atoms with van der Waals surface area (Å²) in [5.74, 6) is -0.922. The Morgan fingerprint density at radius 1 is 1.17 bits per heavy atom. The van der Waals surface area contributed by atoms with E-state index < -0.39 is 0 Å². The van der Waals surface area contributed by atoms with Crippen molar-refractivity contribution in [3.63, 3.8) is 0 Å². The molecule has 1 aliphatic heterocycles. The molecule has 0 radical (unpaired) electrons. The van der Waals surface area contributed by atoms with Crippen LogP contribution in [0, 0.1) is 11.8 Å². The van der Waals surface area contributed by atoms with Gasteiger partial charge in [-0.25, -0.2) is 0 Å². The average Bonchev–Trinajstić information content (AvgIpc) is 2.85. The third-order valence-corrected chi connectivity index (χ3v) is 5.34. The van der Waals surface area contributed by atoms with Crippen LogP contribution < -0.4 is 5.32 Å². The minimum Gasteiger partial charge on any atom is -0.325 e. The van der Waals surface area contributed by atoms with Crippen LogP contribution >= 0.6 is 11.8 Å². The Kier molecular flexibility index (Phi) is 5.04. The van der Waals surface area contributed by atoms with Crippen molar-refractivity contribution in [2.75, 3.05) is 18.1 Å². The first-order chi connectivity index (χ1) is 11.6. The fourth-order valence-electron chi connectivity index (χ4n) is 3.26. The summed E-state index contributed by atoms with van der Waals surface area (Å²) in [6.07, 6.45) is 7.23. The van der Waals surface area contributed by atoms with Crippen LogP contribution in [0.25, 0.3) is 0 Å². The summed E-state index contributed by atoms with van der Waals surface area (Å²) in [5, 5.41) is 2.86. The third-order valence-electron chi connectivity index (χ3n) is 4.54. The largest absolute Gasteiger partial charge is 0.325 e. The molecular weight excluding hydrogens is 324 g/mol. The van der Waals surface area contributed by atoms with Crippen LogP contribution in [0.15, 0.2) is 41.3 Å². The van der Waals surface area contributed by atoms with E-state index >= 15 is 0 Å². The number of rotatable bonds is 5. The summed E-state index contributed by atoms with van der Waals surface area (Å²) < 4.78 is 0. The lowest BCUT2D eigenvalue weighted by molar-refractivity contribution is -0.140. The summed E-state index contributed by atoms with van der Waals surface area (Å²) in [5.41, 5.74) is 0.756. The van der Waals surface area contributed by atoms with Gasteiger partial charge in [0.15, 0.2) is 0 Å². The first-order valence-electron chi connectivity index (χ1n) is 8.05. The normalized spacial score (nSPS) is 22.6. The Morgan fingerprint density at radius 3 is 2.42 bits per heavy atom. The van der Waals surface area contributed by atoms with Crippen molar-refractivity contribution in [1.29, 1.82) is 0 Å². The molecule has 6 heteroatoms. The Morgan fingerprint density at radius 2 is 1.79 bits per heavy atom. The third kappa shape index (κ3) is 3.24. The van der Waals surface area contributed by atoms with Gasteiger partial charge in [0, 0.05) is 17.9 Å². The second-order valence-electron chi connectivity index (χ2n) is 5.98. The standard InChI is InChI=1S/C18H20N2O3S/c1-24-15-9-5-4-8-14(15)19-16(21)10-11-20-17(22)12-6-2-3-7-13(12)18(20)23/h2-5,8-9,12-13H,6-7,10-11H2,1H3,(H,19,21). The lowest BCUT2D eigenvalue weighted by Gasteiger charge is -2.15. The second-order valence-corrected chi connectivity index (χ2v) is 6.83. The molecule has 1 aliphatic carbocycles. The molecule has 5 nitrogen and oxygen atoms in total. The molecule has 2 aliphatic rings. The predicted octanol–water partition coefficient (Wildman–Crippen LogP) is 2.69. The van der Waals surface area contributed by atoms with Gasteiger partial charge in [0.05, 0.1) is 17.5 Å². The Balaban J connectivity index is 1.58. The molecule has 1 aromatic rings. The number of carbonyl (C=O) groups excluding carboxylic acids is 3. The number of imide groups is 1. The number of para-hydroxylation sites is 1. The van der Waals surface area contributed by atoms with Gasteiger partial charge >= 0.3 is 0 Å². The van der Waals surface area contributed by atoms with Crippen LogP contribution in [0.2, 0.25) is 0 Å². The van der Waals surface area contributed by atoms with Gasteiger partial charge in [-0.3, -0.25) is 19.3 Å². The number of thioether (sulfide) groups is 1. The number of amides is 3. The molecule has 3 rings (SSSR count). The second kappa shape index (κ2) is 7.21. The highest BCUT2D eigenvalue weighted by Crippen LogP contribution is 2.35. The van der Waals surface area contributed by atoms with Gasteiger partial charge in [-0.05, 0) is 31.2 Å². The van der Waals surface area contributed by atoms with E-state index in [2.05, 4.69) is 5.32 Å². The van der Waals surface area contributed by atoms with Crippen molar-refractivity contribution in [1.82, 2.24) is 4.90 Å². The fourth-order valence-corrected chi connectivity index (χ4v) is 3.82. The zero-order chi connectivity index (χ0) is 17.1. The number of likely N-dealkylation sites (tertiary alicyclic amines) is 1. The van der Waals surface area contributed by atoms with E-state index in [1.165, 1.54) is 4.90 Å². The quantitative estimate of drug-likeness (QED) is 0.507. The monoisotopic (exact) mass is 344 g/mol. The number of fused-ring (bicyclic) bond motifs is 1. The van der Waals surface area contributed by atoms with Crippen molar-refractivity contribution < 1.29 is 14.4 Å². The van der Waals surface area contributed by atoms with Crippen LogP contribution in [0.4, 0.5) is 5.69 Å². The van der Waals surface area contributed by atoms with Gasteiger partial charge in [0.2, 0.25) is 17.7 Å². The fraction of sp³-hybridized carbons (Fsp3) is 0.389. The highest BCUT2D eigenvalue weighted by atomic mass is 32.2. The van der Waals surface area contributed by atoms with Gasteiger partial charge in [0.25, 0.3) is 0 Å². The summed E-state index contributed by atoms with van der Waals surface area (Å²) in [7, 11) is 0. The highest BCUT2D eigenvalue weighted by Gasteiger charge is 2.46. The van der Waals surface area contributed by atoms with E-state index in [4.69, 9.17) is 0 Å². The number of hydrogen-bond acceptors (Lipinski definition) is 4. The minimum absolute atomic E-state index is 0.118. The predicted molar refractivity (Wildman–Crippen MR) is 93.5 cm³/mol. The molecule has 1 heterocycles. The van der Waals surface area contributed by atoms with E-state index in [0.717, 1.165) is 10.6 Å². The summed E-state index contributed by atoms with van der Waals surface area (Å²) >= 11 is 1.55. The van der Waals surface area contributed by atoms with Crippen molar-refractivity contribution >= 4 is 35.2 Å². The lowest BCUT2D eigenvalue weighted by atomic mass is 9.85. The van der Waals surface area contributed by atoms with Crippen LogP contribution in [-0.4, -0.2) is 35.4 Å². The van der Waals surface area contributed by atoms with Gasteiger partial charge in [0.1, 0.15) is 0 Å². The van der Waals surface area contributed by atoms with Crippen molar-refractivity contribution in [3.8, 4) is 0 Å². The Hall–Kier alpha value is -2.08. The van der Waals surface area contributed by atoms with E-state index in [-0.39, 0.29) is 42.5 Å².